The predicted molar refractivity (Wildman–Crippen MR) is 130 cm³/mol. The molecule has 1 heterocycles. The number of nitrogens with zero attached hydrogens (tertiary/aromatic N) is 2. The van der Waals surface area contributed by atoms with Crippen molar-refractivity contribution in [2.75, 3.05) is 19.0 Å². The van der Waals surface area contributed by atoms with Crippen LogP contribution in [0.3, 0.4) is 0 Å². The second kappa shape index (κ2) is 11.4. The van der Waals surface area contributed by atoms with Gasteiger partial charge >= 0.3 is 0 Å². The summed E-state index contributed by atoms with van der Waals surface area (Å²) in [5, 5.41) is 6.80. The van der Waals surface area contributed by atoms with Crippen LogP contribution in [0.25, 0.3) is 0 Å². The fourth-order valence-electron chi connectivity index (χ4n) is 2.68. The molecular weight excluding hydrogens is 512 g/mol. The third-order valence-electron chi connectivity index (χ3n) is 4.35. The average Bonchev–Trinajstić information content (AvgIpc) is 2.80. The lowest BCUT2D eigenvalue weighted by atomic mass is 10.2. The standard InChI is InChI=1S/C23H20BrClN4O4/c1-14-5-7-16(8-6-14)28-21(30)13-33-20-11-18(24)15(10-19(20)32-2)12-27-29-23(31)17-4-3-9-26-22(17)25/h3-12H,13H2,1-2H3,(H,28,30)(H,29,31). The van der Waals surface area contributed by atoms with Gasteiger partial charge in [0.2, 0.25) is 0 Å². The molecule has 0 saturated carbocycles. The van der Waals surface area contributed by atoms with Gasteiger partial charge < -0.3 is 14.8 Å². The van der Waals surface area contributed by atoms with Crippen LogP contribution < -0.4 is 20.2 Å². The third kappa shape index (κ3) is 6.77. The van der Waals surface area contributed by atoms with Crippen molar-refractivity contribution in [1.82, 2.24) is 10.4 Å². The Morgan fingerprint density at radius 2 is 1.94 bits per heavy atom. The number of carbonyl (C=O) groups is 2. The molecule has 0 aliphatic carbocycles. The molecule has 0 saturated heterocycles. The lowest BCUT2D eigenvalue weighted by Gasteiger charge is -2.13. The van der Waals surface area contributed by atoms with E-state index in [4.69, 9.17) is 21.1 Å². The van der Waals surface area contributed by atoms with Gasteiger partial charge in [0, 0.05) is 21.9 Å². The normalized spacial score (nSPS) is 10.7. The average molecular weight is 532 g/mol. The number of nitrogens with one attached hydrogen (secondary N) is 2. The molecule has 2 amide bonds. The summed E-state index contributed by atoms with van der Waals surface area (Å²) in [6, 6.07) is 13.9. The number of hydrazone groups is 1. The summed E-state index contributed by atoms with van der Waals surface area (Å²) >= 11 is 9.34. The number of amides is 2. The number of hydrogen-bond acceptors (Lipinski definition) is 6. The monoisotopic (exact) mass is 530 g/mol. The van der Waals surface area contributed by atoms with Crippen LogP contribution in [-0.2, 0) is 4.79 Å². The molecule has 0 aliphatic rings. The van der Waals surface area contributed by atoms with Crippen LogP contribution in [0.4, 0.5) is 5.69 Å². The van der Waals surface area contributed by atoms with Crippen LogP contribution in [0.1, 0.15) is 21.5 Å². The summed E-state index contributed by atoms with van der Waals surface area (Å²) in [5.41, 5.74) is 5.00. The number of ether oxygens (including phenoxy) is 2. The van der Waals surface area contributed by atoms with E-state index in [2.05, 4.69) is 36.8 Å². The van der Waals surface area contributed by atoms with Crippen LogP contribution in [-0.4, -0.2) is 36.7 Å². The highest BCUT2D eigenvalue weighted by atomic mass is 79.9. The molecule has 10 heteroatoms. The number of aromatic nitrogens is 1. The minimum Gasteiger partial charge on any atom is -0.493 e. The number of carbonyl (C=O) groups excluding carboxylic acids is 2. The van der Waals surface area contributed by atoms with E-state index in [1.807, 2.05) is 31.2 Å². The van der Waals surface area contributed by atoms with Gasteiger partial charge in [-0.2, -0.15) is 5.10 Å². The second-order valence-corrected chi connectivity index (χ2v) is 7.98. The molecule has 0 radical (unpaired) electrons. The first-order chi connectivity index (χ1) is 15.9. The van der Waals surface area contributed by atoms with Gasteiger partial charge in [0.05, 0.1) is 18.9 Å². The highest BCUT2D eigenvalue weighted by Crippen LogP contribution is 2.33. The van der Waals surface area contributed by atoms with Crippen molar-refractivity contribution in [2.24, 2.45) is 5.10 Å². The predicted octanol–water partition coefficient (Wildman–Crippen LogP) is 4.60. The molecule has 3 rings (SSSR count). The fourth-order valence-corrected chi connectivity index (χ4v) is 3.31. The Hall–Kier alpha value is -3.43. The number of halogens is 2. The molecule has 0 atom stereocenters. The number of rotatable bonds is 8. The van der Waals surface area contributed by atoms with Gasteiger partial charge in [-0.3, -0.25) is 9.59 Å². The van der Waals surface area contributed by atoms with Crippen LogP contribution in [0, 0.1) is 6.92 Å². The van der Waals surface area contributed by atoms with Crippen molar-refractivity contribution in [2.45, 2.75) is 6.92 Å². The number of hydrogen-bond donors (Lipinski definition) is 2. The molecule has 0 bridgehead atoms. The van der Waals surface area contributed by atoms with Crippen LogP contribution in [0.5, 0.6) is 11.5 Å². The molecule has 1 aromatic heterocycles. The molecular formula is C23H20BrClN4O4. The number of methoxy groups -OCH3 is 1. The second-order valence-electron chi connectivity index (χ2n) is 6.77. The molecule has 3 aromatic rings. The van der Waals surface area contributed by atoms with Crippen molar-refractivity contribution >= 4 is 51.2 Å². The molecule has 0 aliphatic heterocycles. The lowest BCUT2D eigenvalue weighted by Crippen LogP contribution is -2.20. The first-order valence-electron chi connectivity index (χ1n) is 9.68. The summed E-state index contributed by atoms with van der Waals surface area (Å²) < 4.78 is 11.6. The zero-order valence-electron chi connectivity index (χ0n) is 17.8. The van der Waals surface area contributed by atoms with Crippen molar-refractivity contribution in [1.29, 1.82) is 0 Å². The summed E-state index contributed by atoms with van der Waals surface area (Å²) in [5.74, 6) is -0.0393. The van der Waals surface area contributed by atoms with Crippen LogP contribution >= 0.6 is 27.5 Å². The summed E-state index contributed by atoms with van der Waals surface area (Å²) in [4.78, 5) is 28.2. The fraction of sp³-hybridized carbons (Fsp3) is 0.130. The maximum absolute atomic E-state index is 12.2. The van der Waals surface area contributed by atoms with Gasteiger partial charge in [-0.15, -0.1) is 0 Å². The Balaban J connectivity index is 1.63. The molecule has 2 N–H and O–H groups in total. The van der Waals surface area contributed by atoms with E-state index >= 15 is 0 Å². The van der Waals surface area contributed by atoms with Gasteiger partial charge in [-0.1, -0.05) is 29.3 Å². The molecule has 0 spiro atoms. The maximum Gasteiger partial charge on any atom is 0.274 e. The van der Waals surface area contributed by atoms with E-state index in [-0.39, 0.29) is 23.2 Å². The van der Waals surface area contributed by atoms with E-state index in [1.54, 1.807) is 24.3 Å². The Labute approximate surface area is 204 Å². The quantitative estimate of drug-likeness (QED) is 0.251. The molecule has 170 valence electrons. The maximum atomic E-state index is 12.2. The smallest absolute Gasteiger partial charge is 0.274 e. The van der Waals surface area contributed by atoms with E-state index in [0.717, 1.165) is 5.56 Å². The van der Waals surface area contributed by atoms with E-state index in [9.17, 15) is 9.59 Å². The third-order valence-corrected chi connectivity index (χ3v) is 5.34. The van der Waals surface area contributed by atoms with Crippen molar-refractivity contribution < 1.29 is 19.1 Å². The number of benzene rings is 2. The molecule has 0 unspecified atom stereocenters. The van der Waals surface area contributed by atoms with Crippen LogP contribution in [0.2, 0.25) is 5.15 Å². The topological polar surface area (TPSA) is 102 Å². The van der Waals surface area contributed by atoms with Crippen molar-refractivity contribution in [3.63, 3.8) is 0 Å². The first kappa shape index (κ1) is 24.2. The number of anilines is 1. The van der Waals surface area contributed by atoms with E-state index < -0.39 is 5.91 Å². The molecule has 0 fully saturated rings. The summed E-state index contributed by atoms with van der Waals surface area (Å²) in [6.07, 6.45) is 2.92. The largest absolute Gasteiger partial charge is 0.493 e. The van der Waals surface area contributed by atoms with Crippen LogP contribution in [0.15, 0.2) is 64.3 Å². The summed E-state index contributed by atoms with van der Waals surface area (Å²) in [6.45, 7) is 1.77. The summed E-state index contributed by atoms with van der Waals surface area (Å²) in [7, 11) is 1.48. The van der Waals surface area contributed by atoms with Gasteiger partial charge in [-0.05, 0) is 59.3 Å². The Morgan fingerprint density at radius 3 is 2.64 bits per heavy atom. The van der Waals surface area contributed by atoms with Crippen molar-refractivity contribution in [3.8, 4) is 11.5 Å². The molecule has 8 nitrogen and oxygen atoms in total. The van der Waals surface area contributed by atoms with E-state index in [1.165, 1.54) is 19.5 Å². The Morgan fingerprint density at radius 1 is 1.18 bits per heavy atom. The number of pyridine rings is 1. The molecule has 2 aromatic carbocycles. The SMILES string of the molecule is COc1cc(C=NNC(=O)c2cccnc2Cl)c(Br)cc1OCC(=O)Nc1ccc(C)cc1. The van der Waals surface area contributed by atoms with Gasteiger partial charge in [0.25, 0.3) is 11.8 Å². The van der Waals surface area contributed by atoms with Gasteiger partial charge in [-0.25, -0.2) is 10.4 Å². The van der Waals surface area contributed by atoms with Gasteiger partial charge in [0.1, 0.15) is 5.15 Å². The molecule has 33 heavy (non-hydrogen) atoms. The first-order valence-corrected chi connectivity index (χ1v) is 10.8. The zero-order valence-corrected chi connectivity index (χ0v) is 20.1. The zero-order chi connectivity index (χ0) is 23.8. The van der Waals surface area contributed by atoms with E-state index in [0.29, 0.717) is 27.2 Å². The highest BCUT2D eigenvalue weighted by molar-refractivity contribution is 9.10. The Kier molecular flexibility index (Phi) is 8.39. The minimum absolute atomic E-state index is 0.0842. The highest BCUT2D eigenvalue weighted by Gasteiger charge is 2.13. The van der Waals surface area contributed by atoms with Gasteiger partial charge in [0.15, 0.2) is 18.1 Å². The van der Waals surface area contributed by atoms with Crippen molar-refractivity contribution in [3.05, 3.63) is 81.0 Å². The minimum atomic E-state index is -0.494. The Bertz CT molecular complexity index is 1190. The lowest BCUT2D eigenvalue weighted by molar-refractivity contribution is -0.118. The number of aryl methyl sites for hydroxylation is 1.